The van der Waals surface area contributed by atoms with Gasteiger partial charge in [0.05, 0.1) is 11.1 Å². The van der Waals surface area contributed by atoms with E-state index in [0.717, 1.165) is 16.2 Å². The van der Waals surface area contributed by atoms with Crippen molar-refractivity contribution in [1.29, 1.82) is 0 Å². The van der Waals surface area contributed by atoms with Crippen molar-refractivity contribution in [2.75, 3.05) is 4.90 Å². The molecule has 0 bridgehead atoms. The maximum atomic E-state index is 12.2. The number of rotatable bonds is 2. The molecule has 2 aromatic rings. The highest BCUT2D eigenvalue weighted by molar-refractivity contribution is 7.14. The zero-order chi connectivity index (χ0) is 13.6. The Balaban J connectivity index is 2.06. The van der Waals surface area contributed by atoms with Gasteiger partial charge < -0.3 is 0 Å². The maximum absolute atomic E-state index is 12.2. The molecule has 1 aliphatic heterocycles. The molecule has 0 atom stereocenters. The molecule has 19 heavy (non-hydrogen) atoms. The molecule has 2 heterocycles. The number of carbonyl (C=O) groups is 3. The van der Waals surface area contributed by atoms with E-state index in [1.54, 1.807) is 29.6 Å². The summed E-state index contributed by atoms with van der Waals surface area (Å²) in [6.45, 7) is 1.39. The minimum absolute atomic E-state index is 0.195. The van der Waals surface area contributed by atoms with Crippen molar-refractivity contribution in [2.45, 2.75) is 6.92 Å². The van der Waals surface area contributed by atoms with Crippen LogP contribution in [0.3, 0.4) is 0 Å². The van der Waals surface area contributed by atoms with Crippen LogP contribution in [0, 0.1) is 0 Å². The number of hydrogen-bond acceptors (Lipinski definition) is 5. The molecule has 0 unspecified atom stereocenters. The molecule has 2 amide bonds. The number of hydrogen-bond donors (Lipinski definition) is 0. The van der Waals surface area contributed by atoms with Crippen LogP contribution < -0.4 is 4.90 Å². The summed E-state index contributed by atoms with van der Waals surface area (Å²) in [5.74, 6) is -0.991. The Morgan fingerprint density at radius 3 is 2.21 bits per heavy atom. The number of thiazole rings is 1. The van der Waals surface area contributed by atoms with E-state index >= 15 is 0 Å². The van der Waals surface area contributed by atoms with Crippen LogP contribution in [0.2, 0.25) is 0 Å². The standard InChI is InChI=1S/C13H8N2O3S/c1-7(16)10-6-19-13(14-10)15-11(17)8-4-2-3-5-9(8)12(15)18/h2-6H,1H3. The van der Waals surface area contributed by atoms with E-state index in [2.05, 4.69) is 4.98 Å². The highest BCUT2D eigenvalue weighted by Gasteiger charge is 2.38. The molecule has 0 aliphatic carbocycles. The third-order valence-corrected chi connectivity index (χ3v) is 3.66. The molecule has 0 fully saturated rings. The number of benzene rings is 1. The van der Waals surface area contributed by atoms with Crippen molar-refractivity contribution in [1.82, 2.24) is 4.98 Å². The summed E-state index contributed by atoms with van der Waals surface area (Å²) in [6.07, 6.45) is 0. The van der Waals surface area contributed by atoms with Gasteiger partial charge in [0.2, 0.25) is 0 Å². The third-order valence-electron chi connectivity index (χ3n) is 2.84. The molecule has 0 saturated carbocycles. The molecule has 1 aliphatic rings. The van der Waals surface area contributed by atoms with Crippen molar-refractivity contribution >= 4 is 34.1 Å². The molecule has 0 saturated heterocycles. The number of nitrogens with zero attached hydrogens (tertiary/aromatic N) is 2. The van der Waals surface area contributed by atoms with Gasteiger partial charge in [0.25, 0.3) is 11.8 Å². The molecule has 3 rings (SSSR count). The van der Waals surface area contributed by atoms with Crippen LogP contribution in [0.4, 0.5) is 5.13 Å². The topological polar surface area (TPSA) is 67.3 Å². The Hall–Kier alpha value is -2.34. The van der Waals surface area contributed by atoms with E-state index in [1.165, 1.54) is 6.92 Å². The average molecular weight is 272 g/mol. The number of anilines is 1. The summed E-state index contributed by atoms with van der Waals surface area (Å²) in [7, 11) is 0. The monoisotopic (exact) mass is 272 g/mol. The number of amides is 2. The molecule has 0 radical (unpaired) electrons. The fraction of sp³-hybridized carbons (Fsp3) is 0.0769. The van der Waals surface area contributed by atoms with E-state index in [4.69, 9.17) is 0 Å². The van der Waals surface area contributed by atoms with E-state index < -0.39 is 11.8 Å². The molecular formula is C13H8N2O3S. The first-order valence-electron chi connectivity index (χ1n) is 5.54. The Kier molecular flexibility index (Phi) is 2.53. The van der Waals surface area contributed by atoms with Gasteiger partial charge in [-0.15, -0.1) is 11.3 Å². The summed E-state index contributed by atoms with van der Waals surface area (Å²) >= 11 is 1.11. The summed E-state index contributed by atoms with van der Waals surface area (Å²) in [4.78, 5) is 40.6. The lowest BCUT2D eigenvalue weighted by Gasteiger charge is -2.08. The number of carbonyl (C=O) groups excluding carboxylic acids is 3. The molecule has 0 N–H and O–H groups in total. The minimum Gasteiger partial charge on any atom is -0.293 e. The molecule has 5 nitrogen and oxygen atoms in total. The fourth-order valence-electron chi connectivity index (χ4n) is 1.89. The highest BCUT2D eigenvalue weighted by Crippen LogP contribution is 2.30. The Labute approximate surface area is 112 Å². The van der Waals surface area contributed by atoms with Crippen LogP contribution in [-0.2, 0) is 0 Å². The van der Waals surface area contributed by atoms with Crippen molar-refractivity contribution in [3.8, 4) is 0 Å². The second kappa shape index (κ2) is 4.10. The van der Waals surface area contributed by atoms with Crippen LogP contribution >= 0.6 is 11.3 Å². The second-order valence-corrected chi connectivity index (χ2v) is 4.90. The van der Waals surface area contributed by atoms with Crippen LogP contribution in [-0.4, -0.2) is 22.6 Å². The minimum atomic E-state index is -0.398. The molecule has 94 valence electrons. The normalized spacial score (nSPS) is 13.8. The first-order chi connectivity index (χ1) is 9.09. The summed E-state index contributed by atoms with van der Waals surface area (Å²) < 4.78 is 0. The highest BCUT2D eigenvalue weighted by atomic mass is 32.1. The molecule has 0 spiro atoms. The van der Waals surface area contributed by atoms with Crippen molar-refractivity contribution in [3.05, 3.63) is 46.5 Å². The maximum Gasteiger partial charge on any atom is 0.268 e. The average Bonchev–Trinajstić information content (AvgIpc) is 2.96. The lowest BCUT2D eigenvalue weighted by Crippen LogP contribution is -2.29. The zero-order valence-corrected chi connectivity index (χ0v) is 10.7. The lowest BCUT2D eigenvalue weighted by atomic mass is 10.1. The quantitative estimate of drug-likeness (QED) is 0.620. The Morgan fingerprint density at radius 1 is 1.16 bits per heavy atom. The van der Waals surface area contributed by atoms with Crippen LogP contribution in [0.5, 0.6) is 0 Å². The van der Waals surface area contributed by atoms with E-state index in [9.17, 15) is 14.4 Å². The number of ketones is 1. The lowest BCUT2D eigenvalue weighted by molar-refractivity contribution is 0.0923. The summed E-state index contributed by atoms with van der Waals surface area (Å²) in [5.41, 5.74) is 0.996. The van der Waals surface area contributed by atoms with E-state index in [-0.39, 0.29) is 16.6 Å². The second-order valence-electron chi connectivity index (χ2n) is 4.06. The molecule has 1 aromatic carbocycles. The van der Waals surface area contributed by atoms with Crippen LogP contribution in [0.1, 0.15) is 38.1 Å². The van der Waals surface area contributed by atoms with Gasteiger partial charge in [0.1, 0.15) is 5.69 Å². The molecular weight excluding hydrogens is 264 g/mol. The number of aromatic nitrogens is 1. The van der Waals surface area contributed by atoms with Gasteiger partial charge in [-0.3, -0.25) is 14.4 Å². The van der Waals surface area contributed by atoms with Crippen LogP contribution in [0.15, 0.2) is 29.6 Å². The van der Waals surface area contributed by atoms with Gasteiger partial charge in [-0.1, -0.05) is 12.1 Å². The number of fused-ring (bicyclic) bond motifs is 1. The Morgan fingerprint density at radius 2 is 1.74 bits per heavy atom. The van der Waals surface area contributed by atoms with Gasteiger partial charge >= 0.3 is 0 Å². The van der Waals surface area contributed by atoms with Gasteiger partial charge in [-0.25, -0.2) is 9.88 Å². The van der Waals surface area contributed by atoms with E-state index in [1.807, 2.05) is 0 Å². The number of Topliss-reactive ketones (excluding diaryl/α,β-unsaturated/α-hetero) is 1. The molecule has 6 heteroatoms. The third kappa shape index (κ3) is 1.68. The van der Waals surface area contributed by atoms with E-state index in [0.29, 0.717) is 11.1 Å². The first kappa shape index (κ1) is 11.7. The summed E-state index contributed by atoms with van der Waals surface area (Å²) in [5, 5.41) is 1.78. The summed E-state index contributed by atoms with van der Waals surface area (Å²) in [6, 6.07) is 6.62. The van der Waals surface area contributed by atoms with Gasteiger partial charge in [-0.2, -0.15) is 0 Å². The van der Waals surface area contributed by atoms with Crippen LogP contribution in [0.25, 0.3) is 0 Å². The first-order valence-corrected chi connectivity index (χ1v) is 6.42. The van der Waals surface area contributed by atoms with Crippen molar-refractivity contribution in [3.63, 3.8) is 0 Å². The predicted octanol–water partition coefficient (Wildman–Crippen LogP) is 2.15. The number of imide groups is 1. The SMILES string of the molecule is CC(=O)c1csc(N2C(=O)c3ccccc3C2=O)n1. The fourth-order valence-corrected chi connectivity index (χ4v) is 2.75. The Bertz CT molecular complexity index is 685. The zero-order valence-electron chi connectivity index (χ0n) is 9.91. The van der Waals surface area contributed by atoms with Gasteiger partial charge in [0, 0.05) is 12.3 Å². The molecule has 1 aromatic heterocycles. The largest absolute Gasteiger partial charge is 0.293 e. The predicted molar refractivity (Wildman–Crippen MR) is 69.7 cm³/mol. The van der Waals surface area contributed by atoms with Gasteiger partial charge in [0.15, 0.2) is 10.9 Å². The van der Waals surface area contributed by atoms with Crippen molar-refractivity contribution in [2.24, 2.45) is 0 Å². The smallest absolute Gasteiger partial charge is 0.268 e. The van der Waals surface area contributed by atoms with Crippen molar-refractivity contribution < 1.29 is 14.4 Å². The van der Waals surface area contributed by atoms with Gasteiger partial charge in [-0.05, 0) is 12.1 Å².